The normalized spacial score (nSPS) is 27.4. The van der Waals surface area contributed by atoms with Crippen molar-refractivity contribution in [3.05, 3.63) is 24.2 Å². The average Bonchev–Trinajstić information content (AvgIpc) is 3.22. The molecule has 25 heavy (non-hydrogen) atoms. The molecule has 0 radical (unpaired) electrons. The Morgan fingerprint density at radius 1 is 1.40 bits per heavy atom. The van der Waals surface area contributed by atoms with Gasteiger partial charge in [0.2, 0.25) is 5.91 Å². The Morgan fingerprint density at radius 2 is 2.20 bits per heavy atom. The summed E-state index contributed by atoms with van der Waals surface area (Å²) in [4.78, 5) is 19.7. The molecule has 3 heterocycles. The maximum absolute atomic E-state index is 12.7. The Balaban J connectivity index is 1.59. The van der Waals surface area contributed by atoms with Crippen molar-refractivity contribution >= 4 is 5.91 Å². The summed E-state index contributed by atoms with van der Waals surface area (Å²) >= 11 is 0. The fraction of sp³-hybridized carbons (Fsp3) is 0.737. The zero-order chi connectivity index (χ0) is 18.0. The Morgan fingerprint density at radius 3 is 2.84 bits per heavy atom. The summed E-state index contributed by atoms with van der Waals surface area (Å²) in [6, 6.07) is 4.85. The molecular formula is C19H32N4O2. The van der Waals surface area contributed by atoms with Gasteiger partial charge in [-0.3, -0.25) is 14.6 Å². The minimum absolute atomic E-state index is 0.0166. The first-order valence-electron chi connectivity index (χ1n) is 9.40. The van der Waals surface area contributed by atoms with Crippen molar-refractivity contribution in [2.24, 2.45) is 5.92 Å². The summed E-state index contributed by atoms with van der Waals surface area (Å²) in [6.45, 7) is 8.94. The Labute approximate surface area is 151 Å². The standard InChI is InChI=1S/C19H32N4O2/c1-14(2)23-17(19(24)20-7-8-21(3)4)10-15-11-22(13-18(15)23)12-16-6-5-9-25-16/h5-6,9,14-15,17-18H,7-8,10-13H2,1-4H3,(H,20,24)/t15-,17+,18+/m1/s1. The number of hydrogen-bond donors (Lipinski definition) is 1. The maximum atomic E-state index is 12.7. The van der Waals surface area contributed by atoms with E-state index in [4.69, 9.17) is 4.42 Å². The van der Waals surface area contributed by atoms with Crippen LogP contribution in [0.2, 0.25) is 0 Å². The highest BCUT2D eigenvalue weighted by Crippen LogP contribution is 2.37. The Kier molecular flexibility index (Phi) is 5.81. The van der Waals surface area contributed by atoms with Crippen molar-refractivity contribution in [1.29, 1.82) is 0 Å². The second-order valence-electron chi connectivity index (χ2n) is 7.99. The summed E-state index contributed by atoms with van der Waals surface area (Å²) in [7, 11) is 4.06. The second kappa shape index (κ2) is 7.89. The summed E-state index contributed by atoms with van der Waals surface area (Å²) in [6.07, 6.45) is 2.70. The van der Waals surface area contributed by atoms with E-state index in [9.17, 15) is 4.79 Å². The summed E-state index contributed by atoms with van der Waals surface area (Å²) < 4.78 is 5.49. The first-order valence-corrected chi connectivity index (χ1v) is 9.40. The third-order valence-electron chi connectivity index (χ3n) is 5.47. The third-order valence-corrected chi connectivity index (χ3v) is 5.47. The minimum atomic E-state index is 0.0166. The van der Waals surface area contributed by atoms with Crippen LogP contribution < -0.4 is 5.32 Å². The van der Waals surface area contributed by atoms with Gasteiger partial charge < -0.3 is 14.6 Å². The topological polar surface area (TPSA) is 52.0 Å². The van der Waals surface area contributed by atoms with E-state index >= 15 is 0 Å². The zero-order valence-corrected chi connectivity index (χ0v) is 15.9. The number of carbonyl (C=O) groups excluding carboxylic acids is 1. The number of amides is 1. The number of furan rings is 1. The van der Waals surface area contributed by atoms with E-state index < -0.39 is 0 Å². The van der Waals surface area contributed by atoms with Crippen LogP contribution >= 0.6 is 0 Å². The van der Waals surface area contributed by atoms with Gasteiger partial charge in [0.15, 0.2) is 0 Å². The minimum Gasteiger partial charge on any atom is -0.468 e. The summed E-state index contributed by atoms with van der Waals surface area (Å²) in [5, 5.41) is 3.13. The highest BCUT2D eigenvalue weighted by atomic mass is 16.3. The molecule has 6 heteroatoms. The van der Waals surface area contributed by atoms with E-state index in [0.717, 1.165) is 38.4 Å². The molecule has 140 valence electrons. The molecule has 3 rings (SSSR count). The van der Waals surface area contributed by atoms with Crippen molar-refractivity contribution in [3.8, 4) is 0 Å². The molecule has 1 N–H and O–H groups in total. The predicted molar refractivity (Wildman–Crippen MR) is 98.2 cm³/mol. The van der Waals surface area contributed by atoms with Gasteiger partial charge in [-0.1, -0.05) is 0 Å². The number of likely N-dealkylation sites (tertiary alicyclic amines) is 2. The van der Waals surface area contributed by atoms with Gasteiger partial charge in [-0.25, -0.2) is 0 Å². The first-order chi connectivity index (χ1) is 12.0. The Bertz CT molecular complexity index is 558. The first kappa shape index (κ1) is 18.4. The highest BCUT2D eigenvalue weighted by molar-refractivity contribution is 5.82. The summed E-state index contributed by atoms with van der Waals surface area (Å²) in [5.74, 6) is 1.79. The number of hydrogen-bond acceptors (Lipinski definition) is 5. The van der Waals surface area contributed by atoms with Gasteiger partial charge in [0, 0.05) is 38.3 Å². The van der Waals surface area contributed by atoms with Gasteiger partial charge in [0.1, 0.15) is 5.76 Å². The smallest absolute Gasteiger partial charge is 0.237 e. The van der Waals surface area contributed by atoms with Crippen LogP contribution in [0.5, 0.6) is 0 Å². The van der Waals surface area contributed by atoms with Gasteiger partial charge in [-0.05, 0) is 52.4 Å². The van der Waals surface area contributed by atoms with Gasteiger partial charge >= 0.3 is 0 Å². The molecule has 6 nitrogen and oxygen atoms in total. The largest absolute Gasteiger partial charge is 0.468 e. The molecule has 2 aliphatic heterocycles. The van der Waals surface area contributed by atoms with E-state index in [0.29, 0.717) is 24.5 Å². The molecule has 0 spiro atoms. The van der Waals surface area contributed by atoms with Crippen LogP contribution in [0.1, 0.15) is 26.0 Å². The molecule has 2 saturated heterocycles. The lowest BCUT2D eigenvalue weighted by Gasteiger charge is -2.33. The third kappa shape index (κ3) is 4.25. The lowest BCUT2D eigenvalue weighted by atomic mass is 10.0. The monoisotopic (exact) mass is 348 g/mol. The number of nitrogens with zero attached hydrogens (tertiary/aromatic N) is 3. The number of fused-ring (bicyclic) bond motifs is 1. The van der Waals surface area contributed by atoms with Crippen molar-refractivity contribution in [2.75, 3.05) is 40.3 Å². The van der Waals surface area contributed by atoms with Crippen LogP contribution in [0.4, 0.5) is 0 Å². The molecule has 2 fully saturated rings. The maximum Gasteiger partial charge on any atom is 0.237 e. The number of carbonyl (C=O) groups is 1. The van der Waals surface area contributed by atoms with E-state index in [1.54, 1.807) is 6.26 Å². The van der Waals surface area contributed by atoms with Crippen LogP contribution in [0, 0.1) is 5.92 Å². The van der Waals surface area contributed by atoms with Crippen molar-refractivity contribution < 1.29 is 9.21 Å². The summed E-state index contributed by atoms with van der Waals surface area (Å²) in [5.41, 5.74) is 0. The van der Waals surface area contributed by atoms with E-state index in [-0.39, 0.29) is 11.9 Å². The van der Waals surface area contributed by atoms with Crippen LogP contribution in [0.15, 0.2) is 22.8 Å². The second-order valence-corrected chi connectivity index (χ2v) is 7.99. The number of nitrogens with one attached hydrogen (secondary N) is 1. The zero-order valence-electron chi connectivity index (χ0n) is 15.9. The molecule has 0 aliphatic carbocycles. The van der Waals surface area contributed by atoms with Gasteiger partial charge in [0.05, 0.1) is 18.8 Å². The lowest BCUT2D eigenvalue weighted by molar-refractivity contribution is -0.126. The molecule has 0 saturated carbocycles. The van der Waals surface area contributed by atoms with Gasteiger partial charge in [-0.15, -0.1) is 0 Å². The molecule has 2 aliphatic rings. The lowest BCUT2D eigenvalue weighted by Crippen LogP contribution is -2.51. The average molecular weight is 348 g/mol. The molecule has 0 unspecified atom stereocenters. The van der Waals surface area contributed by atoms with E-state index in [2.05, 4.69) is 33.9 Å². The quantitative estimate of drug-likeness (QED) is 0.803. The highest BCUT2D eigenvalue weighted by Gasteiger charge is 2.49. The van der Waals surface area contributed by atoms with Crippen molar-refractivity contribution in [2.45, 2.75) is 44.9 Å². The van der Waals surface area contributed by atoms with Crippen LogP contribution in [-0.4, -0.2) is 79.0 Å². The van der Waals surface area contributed by atoms with Crippen LogP contribution in [0.3, 0.4) is 0 Å². The van der Waals surface area contributed by atoms with Crippen LogP contribution in [-0.2, 0) is 11.3 Å². The van der Waals surface area contributed by atoms with Gasteiger partial charge in [-0.2, -0.15) is 0 Å². The SMILES string of the molecule is CC(C)N1[C@H](C(=O)NCCN(C)C)C[C@@H]2CN(Cc3ccco3)C[C@@H]21. The van der Waals surface area contributed by atoms with Crippen molar-refractivity contribution in [1.82, 2.24) is 20.0 Å². The van der Waals surface area contributed by atoms with E-state index in [1.807, 2.05) is 26.2 Å². The van der Waals surface area contributed by atoms with Gasteiger partial charge in [0.25, 0.3) is 0 Å². The molecule has 3 atom stereocenters. The molecule has 1 aromatic heterocycles. The van der Waals surface area contributed by atoms with E-state index in [1.165, 1.54) is 0 Å². The molecule has 0 bridgehead atoms. The van der Waals surface area contributed by atoms with Crippen molar-refractivity contribution in [3.63, 3.8) is 0 Å². The fourth-order valence-electron chi connectivity index (χ4n) is 4.41. The fourth-order valence-corrected chi connectivity index (χ4v) is 4.41. The molecular weight excluding hydrogens is 316 g/mol. The number of likely N-dealkylation sites (N-methyl/N-ethyl adjacent to an activating group) is 1. The molecule has 0 aromatic carbocycles. The molecule has 1 amide bonds. The predicted octanol–water partition coefficient (Wildman–Crippen LogP) is 1.24. The molecule has 1 aromatic rings. The van der Waals surface area contributed by atoms with Crippen LogP contribution in [0.25, 0.3) is 0 Å². The Hall–Kier alpha value is -1.37. The number of rotatable bonds is 7.